The van der Waals surface area contributed by atoms with E-state index in [4.69, 9.17) is 28.2 Å². The Labute approximate surface area is 138 Å². The largest absolute Gasteiger partial charge is 0.254 e. The summed E-state index contributed by atoms with van der Waals surface area (Å²) < 4.78 is 1.85. The van der Waals surface area contributed by atoms with E-state index >= 15 is 0 Å². The van der Waals surface area contributed by atoms with Crippen molar-refractivity contribution in [2.75, 3.05) is 0 Å². The zero-order valence-corrected chi connectivity index (χ0v) is 14.2. The molecule has 0 atom stereocenters. The van der Waals surface area contributed by atoms with Crippen LogP contribution in [0.5, 0.6) is 0 Å². The Kier molecular flexibility index (Phi) is 4.67. The van der Waals surface area contributed by atoms with Crippen molar-refractivity contribution in [3.63, 3.8) is 0 Å². The SMILES string of the molecule is Cn1nc(-c2cc(Cl)cc(Cl)c2)s/c1=N\C1CCCCC1. The van der Waals surface area contributed by atoms with E-state index in [9.17, 15) is 0 Å². The number of hydrogen-bond donors (Lipinski definition) is 0. The lowest BCUT2D eigenvalue weighted by atomic mass is 9.96. The number of benzene rings is 1. The molecule has 0 amide bonds. The number of aryl methyl sites for hydroxylation is 1. The predicted octanol–water partition coefficient (Wildman–Crippen LogP) is 4.69. The molecule has 3 rings (SSSR count). The molecule has 1 saturated carbocycles. The Morgan fingerprint density at radius 1 is 1.14 bits per heavy atom. The molecule has 21 heavy (non-hydrogen) atoms. The molecule has 0 aliphatic heterocycles. The quantitative estimate of drug-likeness (QED) is 0.779. The Balaban J connectivity index is 1.95. The van der Waals surface area contributed by atoms with Crippen LogP contribution in [0.25, 0.3) is 10.6 Å². The van der Waals surface area contributed by atoms with Crippen LogP contribution >= 0.6 is 34.5 Å². The molecule has 1 aromatic carbocycles. The average Bonchev–Trinajstić information content (AvgIpc) is 2.80. The minimum Gasteiger partial charge on any atom is -0.254 e. The highest BCUT2D eigenvalue weighted by atomic mass is 35.5. The Morgan fingerprint density at radius 2 is 1.81 bits per heavy atom. The van der Waals surface area contributed by atoms with Gasteiger partial charge in [0.1, 0.15) is 5.01 Å². The van der Waals surface area contributed by atoms with Gasteiger partial charge in [-0.15, -0.1) is 0 Å². The van der Waals surface area contributed by atoms with Gasteiger partial charge in [0.15, 0.2) is 0 Å². The third-order valence-electron chi connectivity index (χ3n) is 3.68. The van der Waals surface area contributed by atoms with Gasteiger partial charge in [-0.2, -0.15) is 5.10 Å². The summed E-state index contributed by atoms with van der Waals surface area (Å²) in [5.74, 6) is 0. The van der Waals surface area contributed by atoms with Crippen LogP contribution in [0.2, 0.25) is 10.0 Å². The smallest absolute Gasteiger partial charge is 0.203 e. The summed E-state index contributed by atoms with van der Waals surface area (Å²) in [6, 6.07) is 5.95. The van der Waals surface area contributed by atoms with Gasteiger partial charge in [-0.1, -0.05) is 53.8 Å². The van der Waals surface area contributed by atoms with Crippen molar-refractivity contribution in [2.24, 2.45) is 12.0 Å². The molecule has 0 radical (unpaired) electrons. The van der Waals surface area contributed by atoms with Gasteiger partial charge in [-0.25, -0.2) is 4.68 Å². The fourth-order valence-electron chi connectivity index (χ4n) is 2.62. The number of halogens is 2. The number of nitrogens with zero attached hydrogens (tertiary/aromatic N) is 3. The maximum absolute atomic E-state index is 6.06. The van der Waals surface area contributed by atoms with Crippen LogP contribution in [0.3, 0.4) is 0 Å². The average molecular weight is 342 g/mol. The summed E-state index contributed by atoms with van der Waals surface area (Å²) in [5, 5.41) is 6.70. The maximum Gasteiger partial charge on any atom is 0.203 e. The van der Waals surface area contributed by atoms with E-state index in [1.165, 1.54) is 32.1 Å². The summed E-state index contributed by atoms with van der Waals surface area (Å²) in [5.41, 5.74) is 0.943. The first-order chi connectivity index (χ1) is 10.1. The van der Waals surface area contributed by atoms with Crippen molar-refractivity contribution in [3.05, 3.63) is 33.0 Å². The van der Waals surface area contributed by atoms with E-state index in [0.29, 0.717) is 16.1 Å². The monoisotopic (exact) mass is 341 g/mol. The van der Waals surface area contributed by atoms with Crippen LogP contribution in [0.1, 0.15) is 32.1 Å². The number of rotatable bonds is 2. The maximum atomic E-state index is 6.06. The van der Waals surface area contributed by atoms with Gasteiger partial charge >= 0.3 is 0 Å². The first-order valence-corrected chi connectivity index (χ1v) is 8.73. The fraction of sp³-hybridized carbons (Fsp3) is 0.467. The van der Waals surface area contributed by atoms with Crippen molar-refractivity contribution < 1.29 is 0 Å². The summed E-state index contributed by atoms with van der Waals surface area (Å²) in [6.45, 7) is 0. The molecule has 0 unspecified atom stereocenters. The van der Waals surface area contributed by atoms with Gasteiger partial charge < -0.3 is 0 Å². The van der Waals surface area contributed by atoms with Gasteiger partial charge in [-0.3, -0.25) is 4.99 Å². The second-order valence-corrected chi connectivity index (χ2v) is 7.22. The second kappa shape index (κ2) is 6.51. The standard InChI is InChI=1S/C15H17Cl2N3S/c1-20-15(18-13-5-3-2-4-6-13)21-14(19-20)10-7-11(16)9-12(17)8-10/h7-9,13H,2-6H2,1H3/b18-15-. The Bertz CT molecular complexity index is 679. The molecule has 1 aliphatic rings. The van der Waals surface area contributed by atoms with E-state index in [-0.39, 0.29) is 0 Å². The molecule has 0 bridgehead atoms. The van der Waals surface area contributed by atoms with Gasteiger partial charge in [0, 0.05) is 22.7 Å². The van der Waals surface area contributed by atoms with E-state index in [2.05, 4.69) is 5.10 Å². The lowest BCUT2D eigenvalue weighted by Gasteiger charge is -2.16. The highest BCUT2D eigenvalue weighted by Gasteiger charge is 2.13. The van der Waals surface area contributed by atoms with Gasteiger partial charge in [-0.05, 0) is 31.0 Å². The van der Waals surface area contributed by atoms with Gasteiger partial charge in [0.05, 0.1) is 6.04 Å². The molecule has 1 aliphatic carbocycles. The molecule has 1 fully saturated rings. The first-order valence-electron chi connectivity index (χ1n) is 7.16. The zero-order chi connectivity index (χ0) is 14.8. The molecule has 0 spiro atoms. The molecule has 2 aromatic rings. The van der Waals surface area contributed by atoms with E-state index in [1.807, 2.05) is 23.9 Å². The number of aromatic nitrogens is 2. The minimum atomic E-state index is 0.446. The van der Waals surface area contributed by atoms with Crippen LogP contribution in [-0.4, -0.2) is 15.8 Å². The molecule has 112 valence electrons. The van der Waals surface area contributed by atoms with Crippen LogP contribution in [0.4, 0.5) is 0 Å². The summed E-state index contributed by atoms with van der Waals surface area (Å²) in [7, 11) is 1.94. The van der Waals surface area contributed by atoms with Crippen molar-refractivity contribution >= 4 is 34.5 Å². The highest BCUT2D eigenvalue weighted by molar-refractivity contribution is 7.12. The van der Waals surface area contributed by atoms with Crippen molar-refractivity contribution in [1.29, 1.82) is 0 Å². The Morgan fingerprint density at radius 3 is 2.48 bits per heavy atom. The molecule has 3 nitrogen and oxygen atoms in total. The molecular formula is C15H17Cl2N3S. The summed E-state index contributed by atoms with van der Waals surface area (Å²) in [4.78, 5) is 5.83. The van der Waals surface area contributed by atoms with Crippen LogP contribution in [-0.2, 0) is 7.05 Å². The second-order valence-electron chi connectivity index (χ2n) is 5.39. The van der Waals surface area contributed by atoms with Crippen LogP contribution < -0.4 is 4.80 Å². The summed E-state index contributed by atoms with van der Waals surface area (Å²) >= 11 is 13.7. The molecule has 0 N–H and O–H groups in total. The molecular weight excluding hydrogens is 325 g/mol. The zero-order valence-electron chi connectivity index (χ0n) is 11.9. The molecule has 1 heterocycles. The highest BCUT2D eigenvalue weighted by Crippen LogP contribution is 2.27. The Hall–Kier alpha value is -0.840. The van der Waals surface area contributed by atoms with E-state index < -0.39 is 0 Å². The topological polar surface area (TPSA) is 30.2 Å². The third-order valence-corrected chi connectivity index (χ3v) is 5.18. The molecule has 6 heteroatoms. The van der Waals surface area contributed by atoms with Gasteiger partial charge in [0.25, 0.3) is 0 Å². The predicted molar refractivity (Wildman–Crippen MR) is 89.0 cm³/mol. The van der Waals surface area contributed by atoms with E-state index in [1.54, 1.807) is 17.4 Å². The fourth-order valence-corrected chi connectivity index (χ4v) is 4.09. The lowest BCUT2D eigenvalue weighted by molar-refractivity contribution is 0.434. The van der Waals surface area contributed by atoms with Crippen LogP contribution in [0, 0.1) is 0 Å². The minimum absolute atomic E-state index is 0.446. The van der Waals surface area contributed by atoms with Crippen molar-refractivity contribution in [2.45, 2.75) is 38.1 Å². The van der Waals surface area contributed by atoms with Crippen molar-refractivity contribution in [3.8, 4) is 10.6 Å². The third kappa shape index (κ3) is 3.68. The normalized spacial score (nSPS) is 17.4. The lowest BCUT2D eigenvalue weighted by Crippen LogP contribution is -2.18. The molecule has 0 saturated heterocycles. The number of hydrogen-bond acceptors (Lipinski definition) is 3. The first kappa shape index (κ1) is 15.1. The van der Waals surface area contributed by atoms with E-state index in [0.717, 1.165) is 15.4 Å². The van der Waals surface area contributed by atoms with Gasteiger partial charge in [0.2, 0.25) is 4.80 Å². The van der Waals surface area contributed by atoms with Crippen LogP contribution in [0.15, 0.2) is 23.2 Å². The van der Waals surface area contributed by atoms with Crippen molar-refractivity contribution in [1.82, 2.24) is 9.78 Å². The molecule has 1 aromatic heterocycles. The summed E-state index contributed by atoms with van der Waals surface area (Å²) in [6.07, 6.45) is 6.29.